The molecule has 5 heteroatoms. The molecule has 2 N–H and O–H groups in total. The van der Waals surface area contributed by atoms with Gasteiger partial charge in [0.05, 0.1) is 5.56 Å². The number of benzene rings is 1. The van der Waals surface area contributed by atoms with Gasteiger partial charge in [0.2, 0.25) is 0 Å². The summed E-state index contributed by atoms with van der Waals surface area (Å²) in [5.74, 6) is 0. The van der Waals surface area contributed by atoms with Crippen LogP contribution in [0.4, 0.5) is 18.9 Å². The second kappa shape index (κ2) is 3.21. The number of nitrogens with two attached hydrogens (primary N) is 1. The number of anilines is 1. The SMILES string of the molecule is Cc1cc(N)c(C(F)(F)F)c(Br)c1. The van der Waals surface area contributed by atoms with Crippen LogP contribution in [0.5, 0.6) is 0 Å². The average Bonchev–Trinajstić information content (AvgIpc) is 1.78. The van der Waals surface area contributed by atoms with Gasteiger partial charge in [-0.2, -0.15) is 13.2 Å². The highest BCUT2D eigenvalue weighted by molar-refractivity contribution is 9.10. The summed E-state index contributed by atoms with van der Waals surface area (Å²) >= 11 is 2.83. The van der Waals surface area contributed by atoms with Crippen LogP contribution in [0.1, 0.15) is 11.1 Å². The third-order valence-corrected chi connectivity index (χ3v) is 2.17. The van der Waals surface area contributed by atoms with E-state index < -0.39 is 11.7 Å². The van der Waals surface area contributed by atoms with E-state index in [0.717, 1.165) is 0 Å². The fourth-order valence-electron chi connectivity index (χ4n) is 1.07. The average molecular weight is 254 g/mol. The number of hydrogen-bond acceptors (Lipinski definition) is 1. The minimum atomic E-state index is -4.41. The zero-order valence-electron chi connectivity index (χ0n) is 6.74. The Morgan fingerprint density at radius 3 is 2.23 bits per heavy atom. The molecular weight excluding hydrogens is 247 g/mol. The van der Waals surface area contributed by atoms with Gasteiger partial charge in [-0.25, -0.2) is 0 Å². The van der Waals surface area contributed by atoms with E-state index in [1.807, 2.05) is 0 Å². The zero-order valence-corrected chi connectivity index (χ0v) is 8.33. The van der Waals surface area contributed by atoms with Gasteiger partial charge in [0.25, 0.3) is 0 Å². The van der Waals surface area contributed by atoms with Crippen molar-refractivity contribution >= 4 is 21.6 Å². The number of rotatable bonds is 0. The summed E-state index contributed by atoms with van der Waals surface area (Å²) in [6.07, 6.45) is -4.41. The fraction of sp³-hybridized carbons (Fsp3) is 0.250. The van der Waals surface area contributed by atoms with Gasteiger partial charge in [0, 0.05) is 10.2 Å². The first-order valence-electron chi connectivity index (χ1n) is 3.45. The van der Waals surface area contributed by atoms with Crippen LogP contribution in [0.25, 0.3) is 0 Å². The third-order valence-electron chi connectivity index (χ3n) is 1.55. The van der Waals surface area contributed by atoms with Crippen molar-refractivity contribution in [1.82, 2.24) is 0 Å². The molecule has 0 saturated carbocycles. The van der Waals surface area contributed by atoms with Crippen LogP contribution in [0, 0.1) is 6.92 Å². The van der Waals surface area contributed by atoms with Crippen molar-refractivity contribution in [3.8, 4) is 0 Å². The van der Waals surface area contributed by atoms with Crippen molar-refractivity contribution in [2.24, 2.45) is 0 Å². The molecule has 1 rings (SSSR count). The lowest BCUT2D eigenvalue weighted by atomic mass is 10.1. The Morgan fingerprint density at radius 1 is 1.31 bits per heavy atom. The number of alkyl halides is 3. The zero-order chi connectivity index (χ0) is 10.2. The molecule has 0 saturated heterocycles. The van der Waals surface area contributed by atoms with E-state index in [-0.39, 0.29) is 10.2 Å². The molecule has 0 aliphatic heterocycles. The Bertz CT molecular complexity index is 310. The maximum absolute atomic E-state index is 12.3. The molecule has 0 atom stereocenters. The molecule has 0 fully saturated rings. The minimum absolute atomic E-state index is 0.0162. The van der Waals surface area contributed by atoms with Crippen LogP contribution in [-0.4, -0.2) is 0 Å². The van der Waals surface area contributed by atoms with Crippen molar-refractivity contribution in [3.63, 3.8) is 0 Å². The molecule has 0 aliphatic carbocycles. The van der Waals surface area contributed by atoms with E-state index in [2.05, 4.69) is 15.9 Å². The molecule has 0 radical (unpaired) electrons. The van der Waals surface area contributed by atoms with Gasteiger partial charge in [-0.3, -0.25) is 0 Å². The molecular formula is C8H7BrF3N. The second-order valence-corrected chi connectivity index (χ2v) is 3.56. The summed E-state index contributed by atoms with van der Waals surface area (Å²) in [7, 11) is 0. The van der Waals surface area contributed by atoms with E-state index in [0.29, 0.717) is 5.56 Å². The van der Waals surface area contributed by atoms with Crippen molar-refractivity contribution in [2.75, 3.05) is 5.73 Å². The Kier molecular flexibility index (Phi) is 2.56. The second-order valence-electron chi connectivity index (χ2n) is 2.71. The highest BCUT2D eigenvalue weighted by Gasteiger charge is 2.35. The molecule has 1 aromatic carbocycles. The topological polar surface area (TPSA) is 26.0 Å². The molecule has 13 heavy (non-hydrogen) atoms. The summed E-state index contributed by atoms with van der Waals surface area (Å²) < 4.78 is 37.0. The van der Waals surface area contributed by atoms with Crippen LogP contribution < -0.4 is 5.73 Å². The first kappa shape index (κ1) is 10.4. The highest BCUT2D eigenvalue weighted by atomic mass is 79.9. The van der Waals surface area contributed by atoms with Crippen molar-refractivity contribution in [3.05, 3.63) is 27.7 Å². The summed E-state index contributed by atoms with van der Waals surface area (Å²) in [6.45, 7) is 1.68. The lowest BCUT2D eigenvalue weighted by Crippen LogP contribution is -2.10. The van der Waals surface area contributed by atoms with Gasteiger partial charge >= 0.3 is 6.18 Å². The molecule has 0 amide bonds. The first-order valence-corrected chi connectivity index (χ1v) is 4.24. The van der Waals surface area contributed by atoms with Crippen LogP contribution >= 0.6 is 15.9 Å². The normalized spacial score (nSPS) is 11.8. The van der Waals surface area contributed by atoms with Crippen LogP contribution in [-0.2, 0) is 6.18 Å². The quantitative estimate of drug-likeness (QED) is 0.706. The monoisotopic (exact) mass is 253 g/mol. The Labute approximate surface area is 81.9 Å². The Hall–Kier alpha value is -0.710. The van der Waals surface area contributed by atoms with Crippen molar-refractivity contribution in [2.45, 2.75) is 13.1 Å². The minimum Gasteiger partial charge on any atom is -0.398 e. The van der Waals surface area contributed by atoms with E-state index >= 15 is 0 Å². The maximum Gasteiger partial charge on any atom is 0.419 e. The number of nitrogen functional groups attached to an aromatic ring is 1. The first-order chi connectivity index (χ1) is 5.82. The number of halogens is 4. The van der Waals surface area contributed by atoms with Gasteiger partial charge in [-0.05, 0) is 24.6 Å². The van der Waals surface area contributed by atoms with Gasteiger partial charge in [-0.1, -0.05) is 15.9 Å². The summed E-state index contributed by atoms with van der Waals surface area (Å²) in [5.41, 5.74) is 4.89. The van der Waals surface area contributed by atoms with Crippen molar-refractivity contribution < 1.29 is 13.2 Å². The summed E-state index contributed by atoms with van der Waals surface area (Å²) in [4.78, 5) is 0. The smallest absolute Gasteiger partial charge is 0.398 e. The van der Waals surface area contributed by atoms with Gasteiger partial charge in [0.1, 0.15) is 0 Å². The maximum atomic E-state index is 12.3. The van der Waals surface area contributed by atoms with E-state index in [1.54, 1.807) is 6.92 Å². The fourth-order valence-corrected chi connectivity index (χ4v) is 1.88. The number of aryl methyl sites for hydroxylation is 1. The van der Waals surface area contributed by atoms with E-state index in [1.165, 1.54) is 12.1 Å². The van der Waals surface area contributed by atoms with E-state index in [9.17, 15) is 13.2 Å². The lowest BCUT2D eigenvalue weighted by molar-refractivity contribution is -0.137. The standard InChI is InChI=1S/C8H7BrF3N/c1-4-2-5(9)7(6(13)3-4)8(10,11)12/h2-3H,13H2,1H3. The molecule has 0 aromatic heterocycles. The van der Waals surface area contributed by atoms with Gasteiger partial charge < -0.3 is 5.73 Å². The van der Waals surface area contributed by atoms with Gasteiger partial charge in [-0.15, -0.1) is 0 Å². The largest absolute Gasteiger partial charge is 0.419 e. The predicted octanol–water partition coefficient (Wildman–Crippen LogP) is 3.36. The Morgan fingerprint density at radius 2 is 1.85 bits per heavy atom. The van der Waals surface area contributed by atoms with Crippen LogP contribution in [0.3, 0.4) is 0 Å². The van der Waals surface area contributed by atoms with Gasteiger partial charge in [0.15, 0.2) is 0 Å². The highest BCUT2D eigenvalue weighted by Crippen LogP contribution is 2.39. The lowest BCUT2D eigenvalue weighted by Gasteiger charge is -2.12. The Balaban J connectivity index is 3.38. The molecule has 72 valence electrons. The summed E-state index contributed by atoms with van der Waals surface area (Å²) in [5, 5.41) is 0. The molecule has 0 unspecified atom stereocenters. The van der Waals surface area contributed by atoms with Crippen LogP contribution in [0.15, 0.2) is 16.6 Å². The van der Waals surface area contributed by atoms with E-state index in [4.69, 9.17) is 5.73 Å². The molecule has 0 bridgehead atoms. The van der Waals surface area contributed by atoms with Crippen molar-refractivity contribution in [1.29, 1.82) is 0 Å². The van der Waals surface area contributed by atoms with Crippen LogP contribution in [0.2, 0.25) is 0 Å². The predicted molar refractivity (Wildman–Crippen MR) is 48.3 cm³/mol. The molecule has 0 aliphatic rings. The third kappa shape index (κ3) is 2.15. The number of hydrogen-bond donors (Lipinski definition) is 1. The molecule has 0 spiro atoms. The molecule has 1 nitrogen and oxygen atoms in total. The summed E-state index contributed by atoms with van der Waals surface area (Å²) in [6, 6.07) is 2.69. The molecule has 1 aromatic rings. The molecule has 0 heterocycles.